The van der Waals surface area contributed by atoms with Crippen LogP contribution in [0.4, 0.5) is 0 Å². The zero-order chi connectivity index (χ0) is 14.4. The van der Waals surface area contributed by atoms with E-state index in [9.17, 15) is 0 Å². The fourth-order valence-corrected chi connectivity index (χ4v) is 4.36. The third-order valence-corrected chi connectivity index (χ3v) is 5.56. The molecule has 0 aromatic carbocycles. The summed E-state index contributed by atoms with van der Waals surface area (Å²) in [6, 6.07) is 0.399. The van der Waals surface area contributed by atoms with Gasteiger partial charge in [-0.2, -0.15) is 0 Å². The van der Waals surface area contributed by atoms with E-state index in [1.807, 2.05) is 11.3 Å². The number of methoxy groups -OCH3 is 1. The van der Waals surface area contributed by atoms with Gasteiger partial charge < -0.3 is 10.1 Å². The molecule has 20 heavy (non-hydrogen) atoms. The number of nitrogens with one attached hydrogen (secondary N) is 1. The number of hydrogen-bond donors (Lipinski definition) is 1. The van der Waals surface area contributed by atoms with Crippen LogP contribution < -0.4 is 5.32 Å². The molecule has 0 spiro atoms. The van der Waals surface area contributed by atoms with Crippen LogP contribution in [0.15, 0.2) is 0 Å². The van der Waals surface area contributed by atoms with Crippen molar-refractivity contribution in [3.8, 4) is 0 Å². The molecule has 1 aromatic heterocycles. The van der Waals surface area contributed by atoms with Crippen LogP contribution in [0.25, 0.3) is 0 Å². The fraction of sp³-hybridized carbons (Fsp3) is 0.812. The van der Waals surface area contributed by atoms with Gasteiger partial charge in [0.1, 0.15) is 5.01 Å². The maximum Gasteiger partial charge on any atom is 0.110 e. The van der Waals surface area contributed by atoms with Gasteiger partial charge in [0.2, 0.25) is 0 Å². The lowest BCUT2D eigenvalue weighted by Gasteiger charge is -2.24. The molecule has 0 fully saturated rings. The second kappa shape index (κ2) is 8.11. The lowest BCUT2D eigenvalue weighted by atomic mass is 9.94. The van der Waals surface area contributed by atoms with Gasteiger partial charge in [-0.1, -0.05) is 26.7 Å². The van der Waals surface area contributed by atoms with Crippen LogP contribution in [0.5, 0.6) is 0 Å². The summed E-state index contributed by atoms with van der Waals surface area (Å²) in [4.78, 5) is 6.50. The third-order valence-electron chi connectivity index (χ3n) is 4.32. The van der Waals surface area contributed by atoms with E-state index in [1.165, 1.54) is 54.1 Å². The molecule has 1 aliphatic carbocycles. The largest absolute Gasteiger partial charge is 0.383 e. The van der Waals surface area contributed by atoms with Crippen molar-refractivity contribution >= 4 is 11.3 Å². The lowest BCUT2D eigenvalue weighted by Crippen LogP contribution is -2.30. The highest BCUT2D eigenvalue weighted by Gasteiger charge is 2.25. The molecule has 1 N–H and O–H groups in total. The highest BCUT2D eigenvalue weighted by atomic mass is 32.1. The molecule has 0 bridgehead atoms. The number of nitrogens with zero attached hydrogens (tertiary/aromatic N) is 1. The van der Waals surface area contributed by atoms with Gasteiger partial charge >= 0.3 is 0 Å². The molecule has 2 rings (SSSR count). The van der Waals surface area contributed by atoms with Gasteiger partial charge in [-0.25, -0.2) is 4.98 Å². The van der Waals surface area contributed by atoms with Gasteiger partial charge in [0.05, 0.1) is 18.3 Å². The van der Waals surface area contributed by atoms with E-state index >= 15 is 0 Å². The second-order valence-corrected chi connectivity index (χ2v) is 6.75. The molecular weight excluding hydrogens is 268 g/mol. The fourth-order valence-electron chi connectivity index (χ4n) is 3.04. The first-order valence-corrected chi connectivity index (χ1v) is 8.82. The predicted octanol–water partition coefficient (Wildman–Crippen LogP) is 3.74. The molecule has 1 aromatic rings. The Morgan fingerprint density at radius 2 is 2.00 bits per heavy atom. The van der Waals surface area contributed by atoms with E-state index < -0.39 is 0 Å². The number of hydrogen-bond acceptors (Lipinski definition) is 4. The first-order chi connectivity index (χ1) is 9.80. The smallest absolute Gasteiger partial charge is 0.110 e. The summed E-state index contributed by atoms with van der Waals surface area (Å²) in [5.41, 5.74) is 1.38. The molecule has 0 saturated carbocycles. The summed E-state index contributed by atoms with van der Waals surface area (Å²) in [6.45, 7) is 6.24. The number of fused-ring (bicyclic) bond motifs is 1. The number of aryl methyl sites for hydroxylation is 2. The molecule has 3 nitrogen and oxygen atoms in total. The highest BCUT2D eigenvalue weighted by Crippen LogP contribution is 2.34. The minimum absolute atomic E-state index is 0.399. The first-order valence-electron chi connectivity index (χ1n) is 8.00. The Hall–Kier alpha value is -0.450. The molecule has 1 unspecified atom stereocenters. The van der Waals surface area contributed by atoms with E-state index in [4.69, 9.17) is 9.72 Å². The van der Waals surface area contributed by atoms with Crippen LogP contribution in [-0.2, 0) is 17.6 Å². The summed E-state index contributed by atoms with van der Waals surface area (Å²) >= 11 is 1.95. The van der Waals surface area contributed by atoms with Crippen molar-refractivity contribution < 1.29 is 4.74 Å². The van der Waals surface area contributed by atoms with Crippen LogP contribution in [0.3, 0.4) is 0 Å². The van der Waals surface area contributed by atoms with Gasteiger partial charge in [-0.05, 0) is 31.6 Å². The van der Waals surface area contributed by atoms with Crippen LogP contribution in [0, 0.1) is 5.92 Å². The molecular formula is C16H28N2OS. The van der Waals surface area contributed by atoms with Gasteiger partial charge in [0.15, 0.2) is 0 Å². The SMILES string of the molecule is CCC(CC)C(NCCOC)c1nc2c(s1)CCCC2. The minimum Gasteiger partial charge on any atom is -0.383 e. The van der Waals surface area contributed by atoms with E-state index in [2.05, 4.69) is 19.2 Å². The molecule has 1 aliphatic rings. The molecule has 1 atom stereocenters. The molecule has 114 valence electrons. The average molecular weight is 296 g/mol. The number of ether oxygens (including phenoxy) is 1. The summed E-state index contributed by atoms with van der Waals surface area (Å²) in [7, 11) is 1.76. The van der Waals surface area contributed by atoms with Crippen LogP contribution >= 0.6 is 11.3 Å². The monoisotopic (exact) mass is 296 g/mol. The molecule has 0 amide bonds. The first kappa shape index (κ1) is 15.9. The van der Waals surface area contributed by atoms with E-state index in [-0.39, 0.29) is 0 Å². The summed E-state index contributed by atoms with van der Waals surface area (Å²) in [5.74, 6) is 0.666. The Balaban J connectivity index is 2.13. The van der Waals surface area contributed by atoms with E-state index in [0.717, 1.165) is 13.2 Å². The molecule has 1 heterocycles. The van der Waals surface area contributed by atoms with Crippen molar-refractivity contribution in [2.75, 3.05) is 20.3 Å². The van der Waals surface area contributed by atoms with Crippen molar-refractivity contribution in [3.63, 3.8) is 0 Å². The molecule has 0 aliphatic heterocycles. The summed E-state index contributed by atoms with van der Waals surface area (Å²) in [5, 5.41) is 4.98. The minimum atomic E-state index is 0.399. The Kier molecular flexibility index (Phi) is 6.46. The molecule has 0 radical (unpaired) electrons. The van der Waals surface area contributed by atoms with Crippen molar-refractivity contribution in [3.05, 3.63) is 15.6 Å². The van der Waals surface area contributed by atoms with Gasteiger partial charge in [-0.15, -0.1) is 11.3 Å². The predicted molar refractivity (Wildman–Crippen MR) is 85.4 cm³/mol. The van der Waals surface area contributed by atoms with Gasteiger partial charge in [0, 0.05) is 18.5 Å². The van der Waals surface area contributed by atoms with Crippen LogP contribution in [-0.4, -0.2) is 25.2 Å². The second-order valence-electron chi connectivity index (χ2n) is 5.63. The quantitative estimate of drug-likeness (QED) is 0.742. The van der Waals surface area contributed by atoms with E-state index in [0.29, 0.717) is 12.0 Å². The number of rotatable bonds is 8. The Labute approximate surface area is 127 Å². The van der Waals surface area contributed by atoms with Crippen molar-refractivity contribution in [2.45, 2.75) is 58.4 Å². The zero-order valence-electron chi connectivity index (χ0n) is 13.1. The van der Waals surface area contributed by atoms with Gasteiger partial charge in [-0.3, -0.25) is 0 Å². The maximum absolute atomic E-state index is 5.18. The van der Waals surface area contributed by atoms with Crippen LogP contribution in [0.2, 0.25) is 0 Å². The standard InChI is InChI=1S/C16H28N2OS/c1-4-12(5-2)15(17-10-11-19-3)16-18-13-8-6-7-9-14(13)20-16/h12,15,17H,4-11H2,1-3H3. The zero-order valence-corrected chi connectivity index (χ0v) is 13.9. The Morgan fingerprint density at radius 3 is 2.65 bits per heavy atom. The van der Waals surface area contributed by atoms with Gasteiger partial charge in [0.25, 0.3) is 0 Å². The van der Waals surface area contributed by atoms with E-state index in [1.54, 1.807) is 7.11 Å². The molecule has 4 heteroatoms. The summed E-state index contributed by atoms with van der Waals surface area (Å²) < 4.78 is 5.18. The summed E-state index contributed by atoms with van der Waals surface area (Å²) in [6.07, 6.45) is 7.46. The van der Waals surface area contributed by atoms with Crippen molar-refractivity contribution in [1.29, 1.82) is 0 Å². The molecule has 0 saturated heterocycles. The number of aromatic nitrogens is 1. The average Bonchev–Trinajstić information content (AvgIpc) is 2.90. The normalized spacial score (nSPS) is 16.4. The topological polar surface area (TPSA) is 34.1 Å². The van der Waals surface area contributed by atoms with Crippen molar-refractivity contribution in [1.82, 2.24) is 10.3 Å². The lowest BCUT2D eigenvalue weighted by molar-refractivity contribution is 0.189. The van der Waals surface area contributed by atoms with Crippen molar-refractivity contribution in [2.24, 2.45) is 5.92 Å². The number of thiazole rings is 1. The maximum atomic E-state index is 5.18. The Bertz CT molecular complexity index is 378. The van der Waals surface area contributed by atoms with Crippen LogP contribution in [0.1, 0.15) is 61.2 Å². The Morgan fingerprint density at radius 1 is 1.25 bits per heavy atom. The third kappa shape index (κ3) is 3.80. The highest BCUT2D eigenvalue weighted by molar-refractivity contribution is 7.11.